The van der Waals surface area contributed by atoms with Crippen LogP contribution in [0.4, 0.5) is 0 Å². The fourth-order valence-electron chi connectivity index (χ4n) is 0.669. The summed E-state index contributed by atoms with van der Waals surface area (Å²) in [4.78, 5) is 10.9. The van der Waals surface area contributed by atoms with Crippen molar-refractivity contribution in [3.63, 3.8) is 0 Å². The lowest BCUT2D eigenvalue weighted by Crippen LogP contribution is -1.92. The van der Waals surface area contributed by atoms with Crippen LogP contribution in [0.3, 0.4) is 0 Å². The van der Waals surface area contributed by atoms with Crippen molar-refractivity contribution in [2.24, 2.45) is 0 Å². The van der Waals surface area contributed by atoms with Gasteiger partial charge in [-0.2, -0.15) is 0 Å². The van der Waals surface area contributed by atoms with Gasteiger partial charge in [0, 0.05) is 6.42 Å². The van der Waals surface area contributed by atoms with Gasteiger partial charge in [0.1, 0.15) is 0 Å². The van der Waals surface area contributed by atoms with Gasteiger partial charge in [-0.25, -0.2) is 0 Å². The van der Waals surface area contributed by atoms with E-state index in [9.17, 15) is 4.79 Å². The maximum absolute atomic E-state index is 10.9. The van der Waals surface area contributed by atoms with Gasteiger partial charge < -0.3 is 4.42 Å². The fraction of sp³-hybridized carbons (Fsp3) is 0.125. The molecule has 1 aromatic rings. The van der Waals surface area contributed by atoms with Crippen molar-refractivity contribution in [1.82, 2.24) is 0 Å². The summed E-state index contributed by atoms with van der Waals surface area (Å²) in [6.07, 6.45) is 3.38. The lowest BCUT2D eigenvalue weighted by Gasteiger charge is -1.87. The number of hydrogen-bond acceptors (Lipinski definition) is 2. The molecule has 52 valence electrons. The molecule has 2 nitrogen and oxygen atoms in total. The second-order valence-corrected chi connectivity index (χ2v) is 1.89. The van der Waals surface area contributed by atoms with Crippen molar-refractivity contribution in [1.29, 1.82) is 0 Å². The van der Waals surface area contributed by atoms with Crippen LogP contribution < -0.4 is 0 Å². The molecule has 1 heterocycles. The molecule has 0 unspecified atom stereocenters. The average molecular weight is 136 g/mol. The first-order valence-corrected chi connectivity index (χ1v) is 3.02. The van der Waals surface area contributed by atoms with Crippen molar-refractivity contribution in [2.75, 3.05) is 0 Å². The third-order valence-electron chi connectivity index (χ3n) is 1.13. The van der Waals surface area contributed by atoms with Gasteiger partial charge in [-0.1, -0.05) is 6.08 Å². The van der Waals surface area contributed by atoms with E-state index >= 15 is 0 Å². The monoisotopic (exact) mass is 136 g/mol. The Balaban J connectivity index is 2.68. The van der Waals surface area contributed by atoms with Crippen LogP contribution in [-0.2, 0) is 0 Å². The summed E-state index contributed by atoms with van der Waals surface area (Å²) in [5.74, 6) is 0.375. The molecule has 0 saturated heterocycles. The Labute approximate surface area is 59.2 Å². The Morgan fingerprint density at radius 3 is 3.10 bits per heavy atom. The third kappa shape index (κ3) is 1.35. The number of rotatable bonds is 3. The minimum atomic E-state index is -0.0278. The zero-order valence-electron chi connectivity index (χ0n) is 5.54. The third-order valence-corrected chi connectivity index (χ3v) is 1.13. The molecule has 10 heavy (non-hydrogen) atoms. The Hall–Kier alpha value is -1.31. The van der Waals surface area contributed by atoms with Crippen LogP contribution in [0.25, 0.3) is 0 Å². The van der Waals surface area contributed by atoms with Gasteiger partial charge >= 0.3 is 0 Å². The van der Waals surface area contributed by atoms with Gasteiger partial charge in [0.2, 0.25) is 5.78 Å². The summed E-state index contributed by atoms with van der Waals surface area (Å²) in [5.41, 5.74) is 0. The number of furan rings is 1. The second-order valence-electron chi connectivity index (χ2n) is 1.89. The van der Waals surface area contributed by atoms with E-state index in [1.807, 2.05) is 0 Å². The maximum atomic E-state index is 10.9. The highest BCUT2D eigenvalue weighted by Crippen LogP contribution is 2.03. The smallest absolute Gasteiger partial charge is 0.201 e. The van der Waals surface area contributed by atoms with Crippen molar-refractivity contribution in [3.05, 3.63) is 36.8 Å². The number of Topliss-reactive ketones (excluding diaryl/α,β-unsaturated/α-hetero) is 1. The van der Waals surface area contributed by atoms with E-state index < -0.39 is 0 Å². The van der Waals surface area contributed by atoms with Crippen LogP contribution in [0.15, 0.2) is 35.5 Å². The van der Waals surface area contributed by atoms with E-state index in [1.54, 1.807) is 18.2 Å². The molecule has 0 spiro atoms. The molecule has 0 radical (unpaired) electrons. The van der Waals surface area contributed by atoms with Crippen LogP contribution in [0.1, 0.15) is 17.0 Å². The summed E-state index contributed by atoms with van der Waals surface area (Å²) < 4.78 is 4.85. The molecule has 0 bridgehead atoms. The molecule has 0 aliphatic rings. The quantitative estimate of drug-likeness (QED) is 0.470. The lowest BCUT2D eigenvalue weighted by molar-refractivity contribution is 0.0969. The average Bonchev–Trinajstić information content (AvgIpc) is 2.38. The van der Waals surface area contributed by atoms with Gasteiger partial charge in [0.05, 0.1) is 6.26 Å². The molecular weight excluding hydrogens is 128 g/mol. The molecule has 0 aromatic carbocycles. The van der Waals surface area contributed by atoms with Gasteiger partial charge in [-0.3, -0.25) is 4.79 Å². The Morgan fingerprint density at radius 2 is 2.60 bits per heavy atom. The zero-order chi connectivity index (χ0) is 7.40. The first-order chi connectivity index (χ1) is 4.84. The van der Waals surface area contributed by atoms with Crippen molar-refractivity contribution < 1.29 is 9.21 Å². The fourth-order valence-corrected chi connectivity index (χ4v) is 0.669. The normalized spacial score (nSPS) is 9.20. The Kier molecular flexibility index (Phi) is 2.05. The molecule has 0 N–H and O–H groups in total. The molecular formula is C8H8O2. The highest BCUT2D eigenvalue weighted by molar-refractivity contribution is 5.94. The highest BCUT2D eigenvalue weighted by Gasteiger charge is 2.04. The minimum Gasteiger partial charge on any atom is -0.461 e. The molecule has 1 rings (SSSR count). The van der Waals surface area contributed by atoms with Gasteiger partial charge in [-0.15, -0.1) is 6.58 Å². The number of carbonyl (C=O) groups excluding carboxylic acids is 1. The van der Waals surface area contributed by atoms with Crippen molar-refractivity contribution in [3.8, 4) is 0 Å². The summed E-state index contributed by atoms with van der Waals surface area (Å²) in [7, 11) is 0. The van der Waals surface area contributed by atoms with Crippen LogP contribution in [0.5, 0.6) is 0 Å². The van der Waals surface area contributed by atoms with Crippen LogP contribution in [0, 0.1) is 0 Å². The molecule has 0 fully saturated rings. The second kappa shape index (κ2) is 3.01. The molecule has 0 amide bonds. The van der Waals surface area contributed by atoms with E-state index in [-0.39, 0.29) is 5.78 Å². The predicted molar refractivity (Wildman–Crippen MR) is 37.9 cm³/mol. The van der Waals surface area contributed by atoms with E-state index in [1.165, 1.54) is 6.26 Å². The minimum absolute atomic E-state index is 0.0278. The lowest BCUT2D eigenvalue weighted by atomic mass is 10.2. The van der Waals surface area contributed by atoms with Gasteiger partial charge in [-0.05, 0) is 12.1 Å². The van der Waals surface area contributed by atoms with E-state index in [0.717, 1.165) is 0 Å². The van der Waals surface area contributed by atoms with Crippen LogP contribution in [-0.4, -0.2) is 5.78 Å². The Morgan fingerprint density at radius 1 is 1.80 bits per heavy atom. The molecule has 0 saturated carbocycles. The van der Waals surface area contributed by atoms with Crippen LogP contribution in [0.2, 0.25) is 0 Å². The summed E-state index contributed by atoms with van der Waals surface area (Å²) in [6, 6.07) is 3.34. The van der Waals surface area contributed by atoms with Crippen molar-refractivity contribution >= 4 is 5.78 Å². The summed E-state index contributed by atoms with van der Waals surface area (Å²) in [6.45, 7) is 3.45. The maximum Gasteiger partial charge on any atom is 0.201 e. The SMILES string of the molecule is C=CCC(=O)c1ccco1. The van der Waals surface area contributed by atoms with E-state index in [4.69, 9.17) is 4.42 Å². The van der Waals surface area contributed by atoms with E-state index in [0.29, 0.717) is 12.2 Å². The van der Waals surface area contributed by atoms with Crippen molar-refractivity contribution in [2.45, 2.75) is 6.42 Å². The first-order valence-electron chi connectivity index (χ1n) is 3.02. The topological polar surface area (TPSA) is 30.2 Å². The molecule has 1 aromatic heterocycles. The summed E-state index contributed by atoms with van der Waals surface area (Å²) in [5, 5.41) is 0. The molecule has 2 heteroatoms. The molecule has 0 aliphatic heterocycles. The number of hydrogen-bond donors (Lipinski definition) is 0. The number of allylic oxidation sites excluding steroid dienone is 1. The molecule has 0 aliphatic carbocycles. The summed E-state index contributed by atoms with van der Waals surface area (Å²) >= 11 is 0. The first kappa shape index (κ1) is 6.81. The number of carbonyl (C=O) groups is 1. The standard InChI is InChI=1S/C8H8O2/c1-2-4-7(9)8-5-3-6-10-8/h2-3,5-6H,1,4H2. The van der Waals surface area contributed by atoms with Gasteiger partial charge in [0.15, 0.2) is 5.76 Å². The van der Waals surface area contributed by atoms with E-state index in [2.05, 4.69) is 6.58 Å². The Bertz CT molecular complexity index is 221. The number of ketones is 1. The zero-order valence-corrected chi connectivity index (χ0v) is 5.54. The predicted octanol–water partition coefficient (Wildman–Crippen LogP) is 2.04. The molecule has 0 atom stereocenters. The largest absolute Gasteiger partial charge is 0.461 e. The highest BCUT2D eigenvalue weighted by atomic mass is 16.3. The van der Waals surface area contributed by atoms with Gasteiger partial charge in [0.25, 0.3) is 0 Å². The van der Waals surface area contributed by atoms with Crippen LogP contribution >= 0.6 is 0 Å².